The average molecular weight is 783 g/mol. The number of fused-ring (bicyclic) bond motifs is 6. The Bertz CT molecular complexity index is 2790. The van der Waals surface area contributed by atoms with Gasteiger partial charge in [0.25, 0.3) is 0 Å². The van der Waals surface area contributed by atoms with Gasteiger partial charge in [-0.15, -0.1) is 0 Å². The average Bonchev–Trinajstić information content (AvgIpc) is 3.64. The summed E-state index contributed by atoms with van der Waals surface area (Å²) in [5, 5.41) is 9.36. The molecule has 8 rings (SSSR count). The molecule has 0 amide bonds. The number of rotatable bonds is 3. The van der Waals surface area contributed by atoms with Gasteiger partial charge in [-0.3, -0.25) is 4.57 Å². The molecule has 4 nitrogen and oxygen atoms in total. The highest BCUT2D eigenvalue weighted by atomic mass is 19.4. The van der Waals surface area contributed by atoms with Crippen LogP contribution in [0.4, 0.5) is 52.7 Å². The van der Waals surface area contributed by atoms with Crippen molar-refractivity contribution in [3.8, 4) is 28.7 Å². The van der Waals surface area contributed by atoms with Crippen molar-refractivity contribution in [3.05, 3.63) is 137 Å². The lowest BCUT2D eigenvalue weighted by atomic mass is 9.99. The van der Waals surface area contributed by atoms with Crippen molar-refractivity contribution in [2.24, 2.45) is 0 Å². The number of benzene rings is 5. The van der Waals surface area contributed by atoms with Crippen molar-refractivity contribution in [1.82, 2.24) is 14.1 Å². The quantitative estimate of drug-likeness (QED) is 0.168. The summed E-state index contributed by atoms with van der Waals surface area (Å²) in [4.78, 5) is 4.54. The van der Waals surface area contributed by atoms with Crippen LogP contribution in [-0.2, 0) is 24.7 Å². The van der Waals surface area contributed by atoms with Crippen LogP contribution in [-0.4, -0.2) is 14.1 Å². The van der Waals surface area contributed by atoms with Crippen molar-refractivity contribution in [3.63, 3.8) is 0 Å². The summed E-state index contributed by atoms with van der Waals surface area (Å²) in [5.41, 5.74) is -3.83. The van der Waals surface area contributed by atoms with Gasteiger partial charge in [0.05, 0.1) is 67.8 Å². The Balaban J connectivity index is 1.47. The molecule has 5 aromatic carbocycles. The first-order chi connectivity index (χ1) is 26.3. The minimum absolute atomic E-state index is 0.0308. The number of pyridine rings is 1. The first-order valence-electron chi connectivity index (χ1n) is 16.2. The van der Waals surface area contributed by atoms with Gasteiger partial charge in [-0.1, -0.05) is 18.2 Å². The van der Waals surface area contributed by atoms with Crippen molar-refractivity contribution in [2.45, 2.75) is 24.7 Å². The minimum atomic E-state index is -4.85. The van der Waals surface area contributed by atoms with Gasteiger partial charge in [0.2, 0.25) is 0 Å². The third-order valence-electron chi connectivity index (χ3n) is 9.52. The number of hydrogen-bond donors (Lipinski definition) is 0. The van der Waals surface area contributed by atoms with Gasteiger partial charge in [-0.2, -0.15) is 57.9 Å². The summed E-state index contributed by atoms with van der Waals surface area (Å²) in [7, 11) is 0. The smallest absolute Gasteiger partial charge is 0.307 e. The van der Waals surface area contributed by atoms with Crippen LogP contribution >= 0.6 is 0 Å². The van der Waals surface area contributed by atoms with Gasteiger partial charge in [0.15, 0.2) is 0 Å². The molecular weight excluding hydrogens is 764 g/mol. The van der Waals surface area contributed by atoms with Gasteiger partial charge in [-0.25, -0.2) is 4.98 Å². The van der Waals surface area contributed by atoms with E-state index in [0.717, 1.165) is 72.8 Å². The second kappa shape index (κ2) is 12.3. The van der Waals surface area contributed by atoms with Crippen LogP contribution in [0.5, 0.6) is 0 Å². The lowest BCUT2D eigenvalue weighted by Gasteiger charge is -2.17. The topological polar surface area (TPSA) is 46.5 Å². The molecule has 0 aliphatic carbocycles. The number of hydrogen-bond acceptors (Lipinski definition) is 2. The predicted octanol–water partition coefficient (Wildman–Crippen LogP) is 12.9. The summed E-state index contributed by atoms with van der Waals surface area (Å²) < 4.78 is 169. The molecular formula is C40H18F12N4. The molecule has 0 fully saturated rings. The highest BCUT2D eigenvalue weighted by molar-refractivity contribution is 6.11. The van der Waals surface area contributed by atoms with Gasteiger partial charge in [0.1, 0.15) is 5.82 Å². The SMILES string of the molecule is N#Cc1ccccc1-c1cc(-n2c3ccc(C(F)(F)F)cc3c3cc(C(F)(F)F)ccc32)ncc1-n1c2ccc(C(F)(F)F)cc2c2cc(C(F)(F)F)ccc21. The molecule has 282 valence electrons. The van der Waals surface area contributed by atoms with Crippen LogP contribution in [0.1, 0.15) is 27.8 Å². The highest BCUT2D eigenvalue weighted by Gasteiger charge is 2.35. The largest absolute Gasteiger partial charge is 0.416 e. The second-order valence-corrected chi connectivity index (χ2v) is 12.8. The summed E-state index contributed by atoms with van der Waals surface area (Å²) in [6.45, 7) is 0. The lowest BCUT2D eigenvalue weighted by Crippen LogP contribution is -2.06. The van der Waals surface area contributed by atoms with E-state index in [0.29, 0.717) is 0 Å². The highest BCUT2D eigenvalue weighted by Crippen LogP contribution is 2.44. The third-order valence-corrected chi connectivity index (χ3v) is 9.52. The maximum atomic E-state index is 13.9. The number of halogens is 12. The molecule has 0 saturated carbocycles. The third kappa shape index (κ3) is 5.94. The fourth-order valence-electron chi connectivity index (χ4n) is 7.03. The summed E-state index contributed by atoms with van der Waals surface area (Å²) >= 11 is 0. The normalized spacial score (nSPS) is 13.0. The van der Waals surface area contributed by atoms with E-state index in [-0.39, 0.29) is 71.8 Å². The molecule has 0 aliphatic heterocycles. The van der Waals surface area contributed by atoms with Crippen molar-refractivity contribution >= 4 is 43.6 Å². The molecule has 0 unspecified atom stereocenters. The van der Waals surface area contributed by atoms with E-state index in [9.17, 15) is 57.9 Å². The molecule has 0 spiro atoms. The number of aromatic nitrogens is 3. The molecule has 0 N–H and O–H groups in total. The Hall–Kier alpha value is -6.50. The molecule has 8 aromatic rings. The van der Waals surface area contributed by atoms with Crippen molar-refractivity contribution in [1.29, 1.82) is 5.26 Å². The van der Waals surface area contributed by atoms with Crippen molar-refractivity contribution < 1.29 is 52.7 Å². The zero-order chi connectivity index (χ0) is 40.1. The molecule has 0 radical (unpaired) electrons. The van der Waals surface area contributed by atoms with Gasteiger partial charge in [-0.05, 0) is 84.9 Å². The summed E-state index contributed by atoms with van der Waals surface area (Å²) in [5.74, 6) is -0.0458. The molecule has 0 atom stereocenters. The van der Waals surface area contributed by atoms with Gasteiger partial charge < -0.3 is 4.57 Å². The zero-order valence-corrected chi connectivity index (χ0v) is 27.7. The fraction of sp³-hybridized carbons (Fsp3) is 0.100. The molecule has 56 heavy (non-hydrogen) atoms. The fourth-order valence-corrected chi connectivity index (χ4v) is 7.03. The Labute approximate surface area is 306 Å². The van der Waals surface area contributed by atoms with Crippen LogP contribution in [0, 0.1) is 11.3 Å². The Kier molecular flexibility index (Phi) is 7.98. The van der Waals surface area contributed by atoms with Crippen LogP contribution in [0.15, 0.2) is 109 Å². The number of nitriles is 1. The van der Waals surface area contributed by atoms with Gasteiger partial charge >= 0.3 is 24.7 Å². The summed E-state index contributed by atoms with van der Waals surface area (Å²) in [6.07, 6.45) is -18.2. The van der Waals surface area contributed by atoms with E-state index in [4.69, 9.17) is 0 Å². The van der Waals surface area contributed by atoms with Crippen molar-refractivity contribution in [2.75, 3.05) is 0 Å². The Morgan fingerprint density at radius 1 is 0.446 bits per heavy atom. The monoisotopic (exact) mass is 782 g/mol. The van der Waals surface area contributed by atoms with Crippen LogP contribution < -0.4 is 0 Å². The van der Waals surface area contributed by atoms with E-state index < -0.39 is 47.0 Å². The summed E-state index contributed by atoms with van der Waals surface area (Å²) in [6, 6.07) is 19.8. The second-order valence-electron chi connectivity index (χ2n) is 12.8. The molecule has 3 aromatic heterocycles. The zero-order valence-electron chi connectivity index (χ0n) is 27.7. The first kappa shape index (κ1) is 36.5. The van der Waals surface area contributed by atoms with E-state index >= 15 is 0 Å². The van der Waals surface area contributed by atoms with Crippen LogP contribution in [0.3, 0.4) is 0 Å². The minimum Gasteiger partial charge on any atom is -0.307 e. The maximum Gasteiger partial charge on any atom is 0.416 e. The molecule has 0 aliphatic rings. The standard InChI is InChI=1S/C40H18F12N4/c41-37(42,43)21-5-9-31-26(13-21)27-14-22(38(44,45)46)6-10-32(27)55(31)35-19-54-36(17-30(35)25-4-2-1-3-20(25)18-53)56-33-11-7-23(39(47,48)49)15-28(33)29-16-24(40(50,51)52)8-12-34(29)56/h1-17,19H. The van der Waals surface area contributed by atoms with Gasteiger partial charge in [0, 0.05) is 32.7 Å². The van der Waals surface area contributed by atoms with E-state index in [1.54, 1.807) is 12.1 Å². The Morgan fingerprint density at radius 2 is 0.821 bits per heavy atom. The lowest BCUT2D eigenvalue weighted by molar-refractivity contribution is -0.138. The van der Waals surface area contributed by atoms with Crippen LogP contribution in [0.25, 0.3) is 66.2 Å². The Morgan fingerprint density at radius 3 is 1.20 bits per heavy atom. The maximum absolute atomic E-state index is 13.9. The molecule has 0 saturated heterocycles. The molecule has 16 heteroatoms. The first-order valence-corrected chi connectivity index (χ1v) is 16.2. The predicted molar refractivity (Wildman–Crippen MR) is 183 cm³/mol. The number of nitrogens with zero attached hydrogens (tertiary/aromatic N) is 4. The number of alkyl halides is 12. The van der Waals surface area contributed by atoms with E-state index in [1.807, 2.05) is 6.07 Å². The molecule has 0 bridgehead atoms. The van der Waals surface area contributed by atoms with Crippen LogP contribution in [0.2, 0.25) is 0 Å². The van der Waals surface area contributed by atoms with E-state index in [1.165, 1.54) is 33.5 Å². The molecule has 3 heterocycles. The van der Waals surface area contributed by atoms with E-state index in [2.05, 4.69) is 4.98 Å².